The molecule has 1 atom stereocenters. The molecule has 0 radical (unpaired) electrons. The maximum Gasteiger partial charge on any atom is 0.338 e. The molecule has 2 heterocycles. The number of hydrogen-bond donors (Lipinski definition) is 0. The molecule has 10 heteroatoms. The zero-order chi connectivity index (χ0) is 27.2. The van der Waals surface area contributed by atoms with Crippen LogP contribution in [0.15, 0.2) is 68.0 Å². The summed E-state index contributed by atoms with van der Waals surface area (Å²) in [5, 5.41) is 8.71. The van der Waals surface area contributed by atoms with Gasteiger partial charge in [-0.25, -0.2) is 9.79 Å². The fourth-order valence-electron chi connectivity index (χ4n) is 4.26. The maximum atomic E-state index is 13.9. The molecule has 4 rings (SSSR count). The molecule has 38 heavy (non-hydrogen) atoms. The van der Waals surface area contributed by atoms with Crippen LogP contribution in [0.5, 0.6) is 11.5 Å². The number of benzene rings is 2. The van der Waals surface area contributed by atoms with Gasteiger partial charge in [0.1, 0.15) is 23.6 Å². The minimum atomic E-state index is -0.775. The minimum absolute atomic E-state index is 0.0418. The SMILES string of the molecule is CCCC1=C(C(=O)OCC)[C@H](c2cc(Br)ccc2OC)n2c(s/c(=C/c3ccc(OCC#N)cc3)c2=O)=N1. The molecule has 196 valence electrons. The molecule has 2 aromatic carbocycles. The molecule has 1 aliphatic rings. The number of nitriles is 1. The second-order valence-corrected chi connectivity index (χ2v) is 10.2. The van der Waals surface area contributed by atoms with Crippen LogP contribution >= 0.6 is 27.3 Å². The number of esters is 1. The van der Waals surface area contributed by atoms with E-state index in [1.54, 1.807) is 42.9 Å². The van der Waals surface area contributed by atoms with Gasteiger partial charge in [-0.05, 0) is 55.3 Å². The number of carbonyl (C=O) groups excluding carboxylic acids is 1. The molecule has 3 aromatic rings. The van der Waals surface area contributed by atoms with Crippen LogP contribution in [0, 0.1) is 11.3 Å². The maximum absolute atomic E-state index is 13.9. The summed E-state index contributed by atoms with van der Waals surface area (Å²) in [6.07, 6.45) is 3.09. The van der Waals surface area contributed by atoms with Crippen molar-refractivity contribution in [1.29, 1.82) is 5.26 Å². The molecule has 8 nitrogen and oxygen atoms in total. The lowest BCUT2D eigenvalue weighted by Crippen LogP contribution is -2.40. The lowest BCUT2D eigenvalue weighted by molar-refractivity contribution is -0.139. The smallest absolute Gasteiger partial charge is 0.338 e. The summed E-state index contributed by atoms with van der Waals surface area (Å²) in [5.41, 5.74) is 2.10. The Morgan fingerprint density at radius 2 is 2.00 bits per heavy atom. The van der Waals surface area contributed by atoms with Crippen molar-refractivity contribution < 1.29 is 19.0 Å². The molecule has 0 saturated heterocycles. The van der Waals surface area contributed by atoms with Crippen LogP contribution in [0.25, 0.3) is 6.08 Å². The van der Waals surface area contributed by atoms with Gasteiger partial charge in [-0.15, -0.1) is 0 Å². The molecular formula is C28H26BrN3O5S. The van der Waals surface area contributed by atoms with Crippen LogP contribution in [-0.4, -0.2) is 30.9 Å². The highest BCUT2D eigenvalue weighted by Crippen LogP contribution is 2.38. The fraction of sp³-hybridized carbons (Fsp3) is 0.286. The van der Waals surface area contributed by atoms with E-state index >= 15 is 0 Å². The summed E-state index contributed by atoms with van der Waals surface area (Å²) in [7, 11) is 1.56. The Kier molecular flexibility index (Phi) is 8.81. The van der Waals surface area contributed by atoms with Crippen LogP contribution in [0.3, 0.4) is 0 Å². The molecule has 1 aliphatic heterocycles. The van der Waals surface area contributed by atoms with Gasteiger partial charge >= 0.3 is 5.97 Å². The first-order valence-corrected chi connectivity index (χ1v) is 13.7. The Hall–Kier alpha value is -3.68. The van der Waals surface area contributed by atoms with E-state index in [0.29, 0.717) is 44.1 Å². The average Bonchev–Trinajstić information content (AvgIpc) is 3.22. The zero-order valence-electron chi connectivity index (χ0n) is 21.2. The van der Waals surface area contributed by atoms with Gasteiger partial charge in [-0.1, -0.05) is 52.7 Å². The lowest BCUT2D eigenvalue weighted by atomic mass is 9.93. The normalized spacial score (nSPS) is 14.9. The van der Waals surface area contributed by atoms with Crippen molar-refractivity contribution in [2.24, 2.45) is 4.99 Å². The standard InChI is InChI=1S/C28H26BrN3O5S/c1-4-6-21-24(27(34)36-5-2)25(20-16-18(29)9-12-22(20)35-3)32-26(33)23(38-28(32)31-21)15-17-7-10-19(11-8-17)37-14-13-30/h7-12,15-16,25H,4-6,14H2,1-3H3/b23-15+/t25-/m0/s1. The van der Waals surface area contributed by atoms with Gasteiger partial charge < -0.3 is 14.2 Å². The van der Waals surface area contributed by atoms with Gasteiger partial charge in [0.05, 0.1) is 29.5 Å². The van der Waals surface area contributed by atoms with Gasteiger partial charge in [0.25, 0.3) is 5.56 Å². The van der Waals surface area contributed by atoms with Crippen LogP contribution in [-0.2, 0) is 9.53 Å². The van der Waals surface area contributed by atoms with E-state index in [1.807, 2.05) is 37.3 Å². The molecule has 0 fully saturated rings. The molecule has 0 aliphatic carbocycles. The monoisotopic (exact) mass is 595 g/mol. The number of halogens is 1. The summed E-state index contributed by atoms with van der Waals surface area (Å²) in [4.78, 5) is 32.5. The second kappa shape index (κ2) is 12.2. The third-order valence-electron chi connectivity index (χ3n) is 5.86. The highest BCUT2D eigenvalue weighted by molar-refractivity contribution is 9.10. The van der Waals surface area contributed by atoms with Gasteiger partial charge in [-0.3, -0.25) is 9.36 Å². The molecule has 0 saturated carbocycles. The van der Waals surface area contributed by atoms with E-state index in [9.17, 15) is 9.59 Å². The first-order chi connectivity index (χ1) is 18.4. The number of methoxy groups -OCH3 is 1. The van der Waals surface area contributed by atoms with Crippen molar-refractivity contribution in [3.63, 3.8) is 0 Å². The van der Waals surface area contributed by atoms with Gasteiger partial charge in [0, 0.05) is 10.0 Å². The average molecular weight is 597 g/mol. The molecule has 0 spiro atoms. The predicted octanol–water partition coefficient (Wildman–Crippen LogP) is 4.25. The Morgan fingerprint density at radius 3 is 2.66 bits per heavy atom. The quantitative estimate of drug-likeness (QED) is 0.343. The molecule has 0 amide bonds. The number of nitrogens with zero attached hydrogens (tertiary/aromatic N) is 3. The summed E-state index contributed by atoms with van der Waals surface area (Å²) in [6.45, 7) is 3.92. The second-order valence-electron chi connectivity index (χ2n) is 8.32. The highest BCUT2D eigenvalue weighted by atomic mass is 79.9. The van der Waals surface area contributed by atoms with Crippen LogP contribution in [0.2, 0.25) is 0 Å². The van der Waals surface area contributed by atoms with Gasteiger partial charge in [0.2, 0.25) is 0 Å². The number of rotatable bonds is 9. The van der Waals surface area contributed by atoms with Crippen molar-refractivity contribution in [1.82, 2.24) is 4.57 Å². The van der Waals surface area contributed by atoms with E-state index in [0.717, 1.165) is 16.5 Å². The molecule has 0 unspecified atom stereocenters. The third-order valence-corrected chi connectivity index (χ3v) is 7.34. The van der Waals surface area contributed by atoms with E-state index in [2.05, 4.69) is 15.9 Å². The van der Waals surface area contributed by atoms with Crippen molar-refractivity contribution >= 4 is 39.3 Å². The highest BCUT2D eigenvalue weighted by Gasteiger charge is 2.36. The largest absolute Gasteiger partial charge is 0.496 e. The Bertz CT molecular complexity index is 1600. The first-order valence-electron chi connectivity index (χ1n) is 12.1. The molecule has 0 bridgehead atoms. The fourth-order valence-corrected chi connectivity index (χ4v) is 5.66. The van der Waals surface area contributed by atoms with E-state index in [1.165, 1.54) is 11.3 Å². The number of carbonyl (C=O) groups is 1. The molecule has 1 aromatic heterocycles. The zero-order valence-corrected chi connectivity index (χ0v) is 23.6. The van der Waals surface area contributed by atoms with Gasteiger partial charge in [-0.2, -0.15) is 5.26 Å². The van der Waals surface area contributed by atoms with Gasteiger partial charge in [0.15, 0.2) is 11.4 Å². The van der Waals surface area contributed by atoms with Crippen LogP contribution in [0.1, 0.15) is 43.9 Å². The Balaban J connectivity index is 1.95. The third kappa shape index (κ3) is 5.59. The van der Waals surface area contributed by atoms with Crippen molar-refractivity contribution in [3.8, 4) is 17.6 Å². The van der Waals surface area contributed by atoms with E-state index in [-0.39, 0.29) is 18.8 Å². The summed E-state index contributed by atoms with van der Waals surface area (Å²) in [5.74, 6) is 0.601. The molecular weight excluding hydrogens is 570 g/mol. The van der Waals surface area contributed by atoms with Crippen LogP contribution < -0.4 is 24.4 Å². The minimum Gasteiger partial charge on any atom is -0.496 e. The number of allylic oxidation sites excluding steroid dienone is 1. The number of aromatic nitrogens is 1. The van der Waals surface area contributed by atoms with Crippen molar-refractivity contribution in [3.05, 3.63) is 89.0 Å². The van der Waals surface area contributed by atoms with Crippen molar-refractivity contribution in [2.45, 2.75) is 32.7 Å². The topological polar surface area (TPSA) is 103 Å². The number of ether oxygens (including phenoxy) is 3. The number of thiazole rings is 1. The van der Waals surface area contributed by atoms with Crippen molar-refractivity contribution in [2.75, 3.05) is 20.3 Å². The summed E-state index contributed by atoms with van der Waals surface area (Å²) in [6, 6.07) is 13.8. The van der Waals surface area contributed by atoms with E-state index in [4.69, 9.17) is 24.5 Å². The predicted molar refractivity (Wildman–Crippen MR) is 148 cm³/mol. The van der Waals surface area contributed by atoms with Crippen LogP contribution in [0.4, 0.5) is 0 Å². The Labute approximate surface area is 232 Å². The van der Waals surface area contributed by atoms with E-state index < -0.39 is 12.0 Å². The Morgan fingerprint density at radius 1 is 1.24 bits per heavy atom. The lowest BCUT2D eigenvalue weighted by Gasteiger charge is -2.27. The number of fused-ring (bicyclic) bond motifs is 1. The number of hydrogen-bond acceptors (Lipinski definition) is 8. The summed E-state index contributed by atoms with van der Waals surface area (Å²) < 4.78 is 19.2. The summed E-state index contributed by atoms with van der Waals surface area (Å²) >= 11 is 4.79. The molecule has 0 N–H and O–H groups in total. The first kappa shape index (κ1) is 27.4.